The van der Waals surface area contributed by atoms with Crippen molar-refractivity contribution < 1.29 is 4.79 Å². The maximum absolute atomic E-state index is 12.1. The van der Waals surface area contributed by atoms with Gasteiger partial charge in [0.15, 0.2) is 0 Å². The lowest BCUT2D eigenvalue weighted by atomic mass is 10.1. The van der Waals surface area contributed by atoms with Crippen LogP contribution in [0.1, 0.15) is 17.7 Å². The van der Waals surface area contributed by atoms with Gasteiger partial charge < -0.3 is 10.3 Å². The number of hydrogen-bond acceptors (Lipinski definition) is 1. The number of aryl methyl sites for hydroxylation is 2. The first-order chi connectivity index (χ1) is 10.2. The van der Waals surface area contributed by atoms with E-state index >= 15 is 0 Å². The molecule has 21 heavy (non-hydrogen) atoms. The normalized spacial score (nSPS) is 10.7. The number of aromatic amines is 1. The van der Waals surface area contributed by atoms with Crippen molar-refractivity contribution in [2.45, 2.75) is 19.8 Å². The Hall–Kier alpha value is -2.55. The van der Waals surface area contributed by atoms with E-state index in [1.54, 1.807) is 0 Å². The lowest BCUT2D eigenvalue weighted by Gasteiger charge is -2.06. The third-order valence-corrected chi connectivity index (χ3v) is 3.56. The monoisotopic (exact) mass is 278 g/mol. The molecule has 1 amide bonds. The van der Waals surface area contributed by atoms with E-state index in [2.05, 4.69) is 16.4 Å². The zero-order chi connectivity index (χ0) is 14.7. The highest BCUT2D eigenvalue weighted by molar-refractivity contribution is 6.01. The summed E-state index contributed by atoms with van der Waals surface area (Å²) in [4.78, 5) is 15.4. The summed E-state index contributed by atoms with van der Waals surface area (Å²) in [5.41, 5.74) is 4.20. The van der Waals surface area contributed by atoms with E-state index in [0.29, 0.717) is 6.42 Å². The van der Waals surface area contributed by atoms with Gasteiger partial charge in [0.25, 0.3) is 0 Å². The maximum Gasteiger partial charge on any atom is 0.224 e. The molecule has 0 aliphatic rings. The van der Waals surface area contributed by atoms with Gasteiger partial charge in [-0.05, 0) is 37.1 Å². The average molecular weight is 278 g/mol. The SMILES string of the molecule is Cc1cc2c(NC(=O)CCc3ccccc3)cccc2[nH]1. The Kier molecular flexibility index (Phi) is 3.73. The van der Waals surface area contributed by atoms with E-state index in [-0.39, 0.29) is 5.91 Å². The molecule has 106 valence electrons. The van der Waals surface area contributed by atoms with Crippen LogP contribution in [0.3, 0.4) is 0 Å². The van der Waals surface area contributed by atoms with Crippen molar-refractivity contribution in [3.63, 3.8) is 0 Å². The predicted molar refractivity (Wildman–Crippen MR) is 86.4 cm³/mol. The highest BCUT2D eigenvalue weighted by Crippen LogP contribution is 2.24. The lowest BCUT2D eigenvalue weighted by molar-refractivity contribution is -0.116. The summed E-state index contributed by atoms with van der Waals surface area (Å²) >= 11 is 0. The fourth-order valence-corrected chi connectivity index (χ4v) is 2.52. The number of rotatable bonds is 4. The summed E-state index contributed by atoms with van der Waals surface area (Å²) in [6.07, 6.45) is 1.25. The molecule has 1 aromatic heterocycles. The van der Waals surface area contributed by atoms with Crippen molar-refractivity contribution in [1.29, 1.82) is 0 Å². The van der Waals surface area contributed by atoms with Crippen LogP contribution >= 0.6 is 0 Å². The Morgan fingerprint density at radius 2 is 1.90 bits per heavy atom. The summed E-state index contributed by atoms with van der Waals surface area (Å²) in [6, 6.07) is 18.0. The molecule has 0 radical (unpaired) electrons. The zero-order valence-electron chi connectivity index (χ0n) is 12.0. The number of benzene rings is 2. The van der Waals surface area contributed by atoms with Crippen LogP contribution in [0, 0.1) is 6.92 Å². The minimum atomic E-state index is 0.0465. The molecule has 0 atom stereocenters. The van der Waals surface area contributed by atoms with Gasteiger partial charge in [-0.3, -0.25) is 4.79 Å². The topological polar surface area (TPSA) is 44.9 Å². The van der Waals surface area contributed by atoms with Gasteiger partial charge in [-0.2, -0.15) is 0 Å². The largest absolute Gasteiger partial charge is 0.359 e. The van der Waals surface area contributed by atoms with E-state index < -0.39 is 0 Å². The summed E-state index contributed by atoms with van der Waals surface area (Å²) < 4.78 is 0. The van der Waals surface area contributed by atoms with Crippen molar-refractivity contribution in [3.8, 4) is 0 Å². The Morgan fingerprint density at radius 3 is 2.71 bits per heavy atom. The Bertz CT molecular complexity index is 759. The van der Waals surface area contributed by atoms with Gasteiger partial charge in [0.1, 0.15) is 0 Å². The number of H-pyrrole nitrogens is 1. The second-order valence-electron chi connectivity index (χ2n) is 5.25. The molecule has 0 unspecified atom stereocenters. The summed E-state index contributed by atoms with van der Waals surface area (Å²) in [7, 11) is 0. The molecule has 0 spiro atoms. The number of aromatic nitrogens is 1. The average Bonchev–Trinajstić information content (AvgIpc) is 2.88. The van der Waals surface area contributed by atoms with Gasteiger partial charge >= 0.3 is 0 Å². The van der Waals surface area contributed by atoms with Crippen molar-refractivity contribution in [2.75, 3.05) is 5.32 Å². The van der Waals surface area contributed by atoms with Gasteiger partial charge in [-0.1, -0.05) is 36.4 Å². The second-order valence-corrected chi connectivity index (χ2v) is 5.25. The molecule has 3 heteroatoms. The Morgan fingerprint density at radius 1 is 1.10 bits per heavy atom. The van der Waals surface area contributed by atoms with E-state index in [0.717, 1.165) is 28.7 Å². The van der Waals surface area contributed by atoms with Crippen molar-refractivity contribution in [1.82, 2.24) is 4.98 Å². The van der Waals surface area contributed by atoms with E-state index in [9.17, 15) is 4.79 Å². The number of carbonyl (C=O) groups excluding carboxylic acids is 1. The third kappa shape index (κ3) is 3.14. The number of amides is 1. The van der Waals surface area contributed by atoms with Crippen LogP contribution in [-0.2, 0) is 11.2 Å². The van der Waals surface area contributed by atoms with Crippen molar-refractivity contribution in [2.24, 2.45) is 0 Å². The molecule has 0 aliphatic carbocycles. The maximum atomic E-state index is 12.1. The molecule has 0 saturated heterocycles. The predicted octanol–water partition coefficient (Wildman–Crippen LogP) is 4.05. The molecular formula is C18H18N2O. The number of carbonyl (C=O) groups is 1. The van der Waals surface area contributed by atoms with Crippen LogP contribution in [0.25, 0.3) is 10.9 Å². The van der Waals surface area contributed by atoms with Crippen LogP contribution in [0.2, 0.25) is 0 Å². The standard InChI is InChI=1S/C18H18N2O/c1-13-12-15-16(19-13)8-5-9-17(15)20-18(21)11-10-14-6-3-2-4-7-14/h2-9,12,19H,10-11H2,1H3,(H,20,21). The van der Waals surface area contributed by atoms with Crippen LogP contribution in [-0.4, -0.2) is 10.9 Å². The first-order valence-electron chi connectivity index (χ1n) is 7.14. The van der Waals surface area contributed by atoms with Crippen LogP contribution in [0.5, 0.6) is 0 Å². The fourth-order valence-electron chi connectivity index (χ4n) is 2.52. The van der Waals surface area contributed by atoms with Crippen LogP contribution in [0.4, 0.5) is 5.69 Å². The van der Waals surface area contributed by atoms with Gasteiger partial charge in [0.2, 0.25) is 5.91 Å². The molecule has 2 N–H and O–H groups in total. The van der Waals surface area contributed by atoms with E-state index in [1.807, 2.05) is 55.5 Å². The first-order valence-corrected chi connectivity index (χ1v) is 7.14. The highest BCUT2D eigenvalue weighted by atomic mass is 16.1. The van der Waals surface area contributed by atoms with E-state index in [4.69, 9.17) is 0 Å². The molecule has 3 nitrogen and oxygen atoms in total. The van der Waals surface area contributed by atoms with Gasteiger partial charge in [0, 0.05) is 23.0 Å². The number of fused-ring (bicyclic) bond motifs is 1. The molecule has 3 rings (SSSR count). The number of anilines is 1. The van der Waals surface area contributed by atoms with Gasteiger partial charge in [0.05, 0.1) is 5.69 Å². The van der Waals surface area contributed by atoms with Crippen molar-refractivity contribution >= 4 is 22.5 Å². The molecular weight excluding hydrogens is 260 g/mol. The zero-order valence-corrected chi connectivity index (χ0v) is 12.0. The van der Waals surface area contributed by atoms with Crippen LogP contribution < -0.4 is 5.32 Å². The van der Waals surface area contributed by atoms with Crippen molar-refractivity contribution in [3.05, 3.63) is 65.9 Å². The molecule has 1 heterocycles. The van der Waals surface area contributed by atoms with Gasteiger partial charge in [-0.25, -0.2) is 0 Å². The summed E-state index contributed by atoms with van der Waals surface area (Å²) in [6.45, 7) is 2.01. The molecule has 3 aromatic rings. The fraction of sp³-hybridized carbons (Fsp3) is 0.167. The summed E-state index contributed by atoms with van der Waals surface area (Å²) in [5.74, 6) is 0.0465. The lowest BCUT2D eigenvalue weighted by Crippen LogP contribution is -2.12. The van der Waals surface area contributed by atoms with Gasteiger partial charge in [-0.15, -0.1) is 0 Å². The molecule has 0 aliphatic heterocycles. The second kappa shape index (κ2) is 5.83. The highest BCUT2D eigenvalue weighted by Gasteiger charge is 2.07. The Balaban J connectivity index is 1.69. The van der Waals surface area contributed by atoms with E-state index in [1.165, 1.54) is 5.56 Å². The smallest absolute Gasteiger partial charge is 0.224 e. The number of hydrogen-bond donors (Lipinski definition) is 2. The van der Waals surface area contributed by atoms with Crippen LogP contribution in [0.15, 0.2) is 54.6 Å². The molecule has 0 fully saturated rings. The number of nitrogens with one attached hydrogen (secondary N) is 2. The minimum absolute atomic E-state index is 0.0465. The Labute approximate surface area is 124 Å². The third-order valence-electron chi connectivity index (χ3n) is 3.56. The summed E-state index contributed by atoms with van der Waals surface area (Å²) in [5, 5.41) is 4.07. The minimum Gasteiger partial charge on any atom is -0.359 e. The molecule has 0 saturated carbocycles. The molecule has 0 bridgehead atoms. The first kappa shape index (κ1) is 13.4. The quantitative estimate of drug-likeness (QED) is 0.743. The molecule has 2 aromatic carbocycles.